The van der Waals surface area contributed by atoms with Gasteiger partial charge in [-0.05, 0) is 48.9 Å². The van der Waals surface area contributed by atoms with Crippen LogP contribution in [0.25, 0.3) is 0 Å². The van der Waals surface area contributed by atoms with Crippen LogP contribution in [0.3, 0.4) is 0 Å². The van der Waals surface area contributed by atoms with Gasteiger partial charge in [-0.3, -0.25) is 9.59 Å². The molecule has 1 atom stereocenters. The number of halogens is 1. The van der Waals surface area contributed by atoms with Gasteiger partial charge >= 0.3 is 0 Å². The van der Waals surface area contributed by atoms with Gasteiger partial charge in [0.2, 0.25) is 5.91 Å². The van der Waals surface area contributed by atoms with Crippen LogP contribution in [0.5, 0.6) is 0 Å². The maximum Gasteiger partial charge on any atom is 0.242 e. The van der Waals surface area contributed by atoms with Crippen molar-refractivity contribution in [2.45, 2.75) is 50.5 Å². The van der Waals surface area contributed by atoms with E-state index in [2.05, 4.69) is 5.32 Å². The van der Waals surface area contributed by atoms with Crippen molar-refractivity contribution < 1.29 is 35.4 Å². The number of benzene rings is 2. The Labute approximate surface area is 209 Å². The summed E-state index contributed by atoms with van der Waals surface area (Å²) in [6.07, 6.45) is 4.53. The number of piperidine rings is 1. The quantitative estimate of drug-likeness (QED) is 0.341. The number of rotatable bonds is 9. The molecule has 2 aromatic rings. The van der Waals surface area contributed by atoms with Gasteiger partial charge in [0.25, 0.3) is 0 Å². The van der Waals surface area contributed by atoms with Crippen molar-refractivity contribution in [2.75, 3.05) is 13.1 Å². The SMILES string of the molecule is CCCC(=O)C1(c2ccccc2)CCN(C(=O)[C@@H](Cc2ccc(Cl)cc2)N[C-]=O)CC1.[W]. The second kappa shape index (κ2) is 12.3. The maximum atomic E-state index is 13.2. The number of amides is 2. The average Bonchev–Trinajstić information content (AvgIpc) is 2.80. The van der Waals surface area contributed by atoms with Crippen molar-refractivity contribution in [3.63, 3.8) is 0 Å². The Balaban J connectivity index is 0.00000363. The number of nitrogens with one attached hydrogen (secondary N) is 1. The number of likely N-dealkylation sites (tertiary alicyclic amines) is 1. The van der Waals surface area contributed by atoms with Crippen molar-refractivity contribution >= 4 is 29.7 Å². The molecule has 2 aromatic carbocycles. The van der Waals surface area contributed by atoms with Gasteiger partial charge in [0.05, 0.1) is 11.5 Å². The normalized spacial score (nSPS) is 15.9. The predicted octanol–water partition coefficient (Wildman–Crippen LogP) is 3.84. The zero-order chi connectivity index (χ0) is 22.3. The fourth-order valence-electron chi connectivity index (χ4n) is 4.41. The molecular weight excluding hydrogens is 596 g/mol. The molecule has 0 bridgehead atoms. The van der Waals surface area contributed by atoms with E-state index >= 15 is 0 Å². The average molecular weight is 624 g/mol. The van der Waals surface area contributed by atoms with E-state index in [1.807, 2.05) is 49.4 Å². The molecule has 1 aliphatic heterocycles. The Morgan fingerprint density at radius 3 is 2.28 bits per heavy atom. The molecule has 0 aliphatic carbocycles. The standard InChI is InChI=1S/C25H28ClN2O3.W/c1-2-6-23(30)25(20-7-4-3-5-8-20)13-15-28(16-14-25)24(31)22(27-18-29)17-19-9-11-21(26)12-10-19;/h3-5,7-12,22H,2,6,13-17H2,1H3,(H,27,29);/q-1;/t22-;/m1./s1. The van der Waals surface area contributed by atoms with Crippen LogP contribution < -0.4 is 5.32 Å². The van der Waals surface area contributed by atoms with E-state index in [1.165, 1.54) is 0 Å². The summed E-state index contributed by atoms with van der Waals surface area (Å²) in [5.41, 5.74) is 1.38. The molecule has 1 aliphatic rings. The Morgan fingerprint density at radius 2 is 1.72 bits per heavy atom. The molecule has 0 spiro atoms. The minimum absolute atomic E-state index is 0. The third-order valence-electron chi connectivity index (χ3n) is 6.15. The van der Waals surface area contributed by atoms with Crippen LogP contribution >= 0.6 is 11.6 Å². The first kappa shape index (κ1) is 26.3. The van der Waals surface area contributed by atoms with Gasteiger partial charge in [-0.25, -0.2) is 0 Å². The molecule has 1 N–H and O–H groups in total. The van der Waals surface area contributed by atoms with Crippen molar-refractivity contribution in [2.24, 2.45) is 0 Å². The molecule has 0 unspecified atom stereocenters. The van der Waals surface area contributed by atoms with Gasteiger partial charge in [0, 0.05) is 45.6 Å². The van der Waals surface area contributed by atoms with Crippen LogP contribution in [-0.4, -0.2) is 42.1 Å². The van der Waals surface area contributed by atoms with Gasteiger partial charge in [-0.2, -0.15) is 6.41 Å². The summed E-state index contributed by atoms with van der Waals surface area (Å²) in [6, 6.07) is 16.4. The molecular formula is C25H28ClN2O3W-. The first-order chi connectivity index (χ1) is 15.0. The molecule has 2 amide bonds. The number of ketones is 1. The van der Waals surface area contributed by atoms with Crippen LogP contribution in [0, 0.1) is 0 Å². The van der Waals surface area contributed by atoms with E-state index in [-0.39, 0.29) is 32.8 Å². The van der Waals surface area contributed by atoms with Gasteiger partial charge in [0.1, 0.15) is 5.78 Å². The third-order valence-corrected chi connectivity index (χ3v) is 6.40. The van der Waals surface area contributed by atoms with Gasteiger partial charge in [-0.1, -0.05) is 61.0 Å². The number of Topliss-reactive ketones (excluding diaryl/α,β-unsaturated/α-hetero) is 1. The van der Waals surface area contributed by atoms with Crippen molar-refractivity contribution in [1.82, 2.24) is 10.2 Å². The molecule has 1 saturated heterocycles. The zero-order valence-corrected chi connectivity index (χ0v) is 21.9. The first-order valence-electron chi connectivity index (χ1n) is 10.7. The summed E-state index contributed by atoms with van der Waals surface area (Å²) in [5, 5.41) is 3.16. The summed E-state index contributed by atoms with van der Waals surface area (Å²) in [5.74, 6) is 0.0910. The van der Waals surface area contributed by atoms with Crippen LogP contribution in [0.1, 0.15) is 43.7 Å². The van der Waals surface area contributed by atoms with Crippen molar-refractivity contribution in [3.05, 3.63) is 70.7 Å². The summed E-state index contributed by atoms with van der Waals surface area (Å²) in [4.78, 5) is 39.1. The number of hydrogen-bond acceptors (Lipinski definition) is 3. The summed E-state index contributed by atoms with van der Waals surface area (Å²) >= 11 is 5.94. The molecule has 7 heteroatoms. The minimum Gasteiger partial charge on any atom is -0.520 e. The molecule has 0 radical (unpaired) electrons. The molecule has 1 fully saturated rings. The number of nitrogens with zero attached hydrogens (tertiary/aromatic N) is 1. The summed E-state index contributed by atoms with van der Waals surface area (Å²) in [7, 11) is 0. The third kappa shape index (κ3) is 6.08. The molecule has 3 rings (SSSR count). The number of hydrogen-bond donors (Lipinski definition) is 1. The largest absolute Gasteiger partial charge is 0.520 e. The van der Waals surface area contributed by atoms with Gasteiger partial charge in [0.15, 0.2) is 0 Å². The first-order valence-corrected chi connectivity index (χ1v) is 11.1. The zero-order valence-electron chi connectivity index (χ0n) is 18.2. The second-order valence-electron chi connectivity index (χ2n) is 8.08. The van der Waals surface area contributed by atoms with E-state index in [9.17, 15) is 14.4 Å². The van der Waals surface area contributed by atoms with E-state index in [4.69, 9.17) is 11.6 Å². The second-order valence-corrected chi connectivity index (χ2v) is 8.51. The molecule has 5 nitrogen and oxygen atoms in total. The van der Waals surface area contributed by atoms with E-state index in [0.29, 0.717) is 43.8 Å². The van der Waals surface area contributed by atoms with Crippen LogP contribution in [-0.2, 0) is 47.3 Å². The fraction of sp³-hybridized carbons (Fsp3) is 0.400. The minimum atomic E-state index is -0.700. The molecule has 170 valence electrons. The maximum absolute atomic E-state index is 13.2. The van der Waals surface area contributed by atoms with Crippen LogP contribution in [0.15, 0.2) is 54.6 Å². The van der Waals surface area contributed by atoms with Crippen LogP contribution in [0.2, 0.25) is 5.02 Å². The van der Waals surface area contributed by atoms with E-state index < -0.39 is 11.5 Å². The van der Waals surface area contributed by atoms with Gasteiger partial charge < -0.3 is 15.0 Å². The molecule has 32 heavy (non-hydrogen) atoms. The van der Waals surface area contributed by atoms with Gasteiger partial charge in [-0.15, -0.1) is 0 Å². The molecule has 0 saturated carbocycles. The van der Waals surface area contributed by atoms with Crippen molar-refractivity contribution in [1.29, 1.82) is 0 Å². The Bertz CT molecular complexity index is 897. The monoisotopic (exact) mass is 623 g/mol. The smallest absolute Gasteiger partial charge is 0.242 e. The topological polar surface area (TPSA) is 66.5 Å². The fourth-order valence-corrected chi connectivity index (χ4v) is 4.53. The summed E-state index contributed by atoms with van der Waals surface area (Å²) < 4.78 is 0. The van der Waals surface area contributed by atoms with Crippen LogP contribution in [0.4, 0.5) is 0 Å². The van der Waals surface area contributed by atoms with Crippen molar-refractivity contribution in [3.8, 4) is 0 Å². The Morgan fingerprint density at radius 1 is 1.09 bits per heavy atom. The van der Waals surface area contributed by atoms with E-state index in [0.717, 1.165) is 17.5 Å². The Kier molecular flexibility index (Phi) is 10.1. The molecule has 0 aromatic heterocycles. The van der Waals surface area contributed by atoms with E-state index in [1.54, 1.807) is 23.4 Å². The number of carbonyl (C=O) groups excluding carboxylic acids is 3. The number of carbonyl (C=O) groups is 2. The predicted molar refractivity (Wildman–Crippen MR) is 122 cm³/mol. The Hall–Kier alpha value is -1.97. The molecule has 1 heterocycles. The summed E-state index contributed by atoms with van der Waals surface area (Å²) in [6.45, 7) is 2.96.